The van der Waals surface area contributed by atoms with Gasteiger partial charge in [0, 0.05) is 19.1 Å². The molecule has 0 fully saturated rings. The summed E-state index contributed by atoms with van der Waals surface area (Å²) in [6, 6.07) is 10.1. The van der Waals surface area contributed by atoms with Crippen molar-refractivity contribution in [3.8, 4) is 0 Å². The Bertz CT molecular complexity index is 617. The van der Waals surface area contributed by atoms with Crippen molar-refractivity contribution in [2.75, 3.05) is 11.9 Å². The molecule has 2 rings (SSSR count). The first-order valence-corrected chi connectivity index (χ1v) is 7.25. The molecular formula is C17H22N4O. The van der Waals surface area contributed by atoms with Gasteiger partial charge in [0.1, 0.15) is 11.5 Å². The van der Waals surface area contributed by atoms with Crippen molar-refractivity contribution >= 4 is 11.7 Å². The van der Waals surface area contributed by atoms with Crippen LogP contribution in [0.15, 0.2) is 42.7 Å². The van der Waals surface area contributed by atoms with Crippen LogP contribution in [0.1, 0.15) is 36.8 Å². The molecule has 0 saturated carbocycles. The Labute approximate surface area is 131 Å². The summed E-state index contributed by atoms with van der Waals surface area (Å²) in [4.78, 5) is 22.5. The second-order valence-electron chi connectivity index (χ2n) is 6.31. The highest BCUT2D eigenvalue weighted by Gasteiger charge is 2.16. The van der Waals surface area contributed by atoms with Crippen LogP contribution in [0.4, 0.5) is 5.82 Å². The summed E-state index contributed by atoms with van der Waals surface area (Å²) in [5, 5.41) is 2.87. The maximum absolute atomic E-state index is 12.0. The van der Waals surface area contributed by atoms with Crippen LogP contribution in [-0.4, -0.2) is 28.5 Å². The summed E-state index contributed by atoms with van der Waals surface area (Å²) >= 11 is 0. The van der Waals surface area contributed by atoms with Gasteiger partial charge in [-0.2, -0.15) is 0 Å². The van der Waals surface area contributed by atoms with Gasteiger partial charge in [0.25, 0.3) is 5.91 Å². The Morgan fingerprint density at radius 2 is 1.82 bits per heavy atom. The van der Waals surface area contributed by atoms with E-state index in [2.05, 4.69) is 27.4 Å². The van der Waals surface area contributed by atoms with Crippen LogP contribution in [0, 0.1) is 0 Å². The van der Waals surface area contributed by atoms with E-state index in [-0.39, 0.29) is 11.4 Å². The number of rotatable bonds is 4. The van der Waals surface area contributed by atoms with Crippen LogP contribution < -0.4 is 10.2 Å². The molecule has 0 unspecified atom stereocenters. The van der Waals surface area contributed by atoms with E-state index >= 15 is 0 Å². The molecule has 0 saturated heterocycles. The monoisotopic (exact) mass is 298 g/mol. The first-order chi connectivity index (χ1) is 10.3. The highest BCUT2D eigenvalue weighted by atomic mass is 16.2. The number of aromatic nitrogens is 2. The predicted molar refractivity (Wildman–Crippen MR) is 87.8 cm³/mol. The van der Waals surface area contributed by atoms with Gasteiger partial charge in [-0.1, -0.05) is 30.3 Å². The van der Waals surface area contributed by atoms with Crippen LogP contribution in [0.3, 0.4) is 0 Å². The highest BCUT2D eigenvalue weighted by molar-refractivity contribution is 5.92. The molecule has 1 aromatic carbocycles. The number of carbonyl (C=O) groups is 1. The van der Waals surface area contributed by atoms with Crippen molar-refractivity contribution in [2.45, 2.75) is 32.9 Å². The van der Waals surface area contributed by atoms with Gasteiger partial charge in [-0.3, -0.25) is 4.79 Å². The normalized spacial score (nSPS) is 11.1. The molecule has 0 atom stereocenters. The quantitative estimate of drug-likeness (QED) is 0.942. The standard InChI is InChI=1S/C17H22N4O/c1-17(2,3)20-16(22)14-10-19-15(11-18-14)21(4)12-13-8-6-5-7-9-13/h5-11H,12H2,1-4H3,(H,20,22). The van der Waals surface area contributed by atoms with Crippen LogP contribution in [-0.2, 0) is 6.54 Å². The molecule has 1 heterocycles. The lowest BCUT2D eigenvalue weighted by Gasteiger charge is -2.20. The predicted octanol–water partition coefficient (Wildman–Crippen LogP) is 2.64. The van der Waals surface area contributed by atoms with Gasteiger partial charge in [-0.25, -0.2) is 9.97 Å². The van der Waals surface area contributed by atoms with Gasteiger partial charge in [-0.15, -0.1) is 0 Å². The van der Waals surface area contributed by atoms with Gasteiger partial charge in [0.15, 0.2) is 0 Å². The van der Waals surface area contributed by atoms with Gasteiger partial charge in [-0.05, 0) is 26.3 Å². The fraction of sp³-hybridized carbons (Fsp3) is 0.353. The summed E-state index contributed by atoms with van der Waals surface area (Å²) in [6.07, 6.45) is 3.14. The average Bonchev–Trinajstić information content (AvgIpc) is 2.46. The molecular weight excluding hydrogens is 276 g/mol. The maximum atomic E-state index is 12.0. The molecule has 1 amide bonds. The van der Waals surface area contributed by atoms with Crippen molar-refractivity contribution in [3.63, 3.8) is 0 Å². The molecule has 0 aliphatic rings. The summed E-state index contributed by atoms with van der Waals surface area (Å²) in [6.45, 7) is 6.53. The lowest BCUT2D eigenvalue weighted by Crippen LogP contribution is -2.41. The molecule has 0 aliphatic carbocycles. The van der Waals surface area contributed by atoms with Gasteiger partial charge in [0.05, 0.1) is 12.4 Å². The topological polar surface area (TPSA) is 58.1 Å². The van der Waals surface area contributed by atoms with E-state index in [0.29, 0.717) is 5.69 Å². The summed E-state index contributed by atoms with van der Waals surface area (Å²) in [7, 11) is 1.95. The first kappa shape index (κ1) is 15.9. The molecule has 2 aromatic rings. The molecule has 0 bridgehead atoms. The average molecular weight is 298 g/mol. The number of nitrogens with zero attached hydrogens (tertiary/aromatic N) is 3. The molecule has 5 heteroatoms. The zero-order valence-corrected chi connectivity index (χ0v) is 13.5. The second-order valence-corrected chi connectivity index (χ2v) is 6.31. The number of hydrogen-bond donors (Lipinski definition) is 1. The van der Waals surface area contributed by atoms with Crippen molar-refractivity contribution in [1.82, 2.24) is 15.3 Å². The fourth-order valence-electron chi connectivity index (χ4n) is 1.98. The number of nitrogens with one attached hydrogen (secondary N) is 1. The highest BCUT2D eigenvalue weighted by Crippen LogP contribution is 2.12. The molecule has 1 aromatic heterocycles. The Balaban J connectivity index is 2.04. The second kappa shape index (κ2) is 6.56. The van der Waals surface area contributed by atoms with E-state index in [4.69, 9.17) is 0 Å². The number of hydrogen-bond acceptors (Lipinski definition) is 4. The molecule has 0 radical (unpaired) electrons. The minimum Gasteiger partial charge on any atom is -0.354 e. The van der Waals surface area contributed by atoms with Crippen molar-refractivity contribution < 1.29 is 4.79 Å². The number of carbonyl (C=O) groups excluding carboxylic acids is 1. The number of amides is 1. The lowest BCUT2D eigenvalue weighted by molar-refractivity contribution is 0.0914. The lowest BCUT2D eigenvalue weighted by atomic mass is 10.1. The van der Waals surface area contributed by atoms with E-state index in [1.807, 2.05) is 50.9 Å². The smallest absolute Gasteiger partial charge is 0.271 e. The van der Waals surface area contributed by atoms with Crippen LogP contribution in [0.5, 0.6) is 0 Å². The maximum Gasteiger partial charge on any atom is 0.271 e. The van der Waals surface area contributed by atoms with Crippen LogP contribution in [0.25, 0.3) is 0 Å². The van der Waals surface area contributed by atoms with Gasteiger partial charge >= 0.3 is 0 Å². The Kier molecular flexibility index (Phi) is 4.75. The number of benzene rings is 1. The summed E-state index contributed by atoms with van der Waals surface area (Å²) < 4.78 is 0. The van der Waals surface area contributed by atoms with Crippen molar-refractivity contribution in [1.29, 1.82) is 0 Å². The Hall–Kier alpha value is -2.43. The van der Waals surface area contributed by atoms with E-state index in [0.717, 1.165) is 12.4 Å². The minimum atomic E-state index is -0.290. The summed E-state index contributed by atoms with van der Waals surface area (Å²) in [5.41, 5.74) is 1.23. The van der Waals surface area contributed by atoms with Gasteiger partial charge < -0.3 is 10.2 Å². The first-order valence-electron chi connectivity index (χ1n) is 7.25. The molecule has 22 heavy (non-hydrogen) atoms. The zero-order chi connectivity index (χ0) is 16.2. The third-order valence-electron chi connectivity index (χ3n) is 3.01. The van der Waals surface area contributed by atoms with Gasteiger partial charge in [0.2, 0.25) is 0 Å². The molecule has 1 N–H and O–H groups in total. The van der Waals surface area contributed by atoms with E-state index in [9.17, 15) is 4.79 Å². The molecule has 116 valence electrons. The van der Waals surface area contributed by atoms with E-state index < -0.39 is 0 Å². The largest absolute Gasteiger partial charge is 0.354 e. The summed E-state index contributed by atoms with van der Waals surface area (Å²) in [5.74, 6) is 0.522. The SMILES string of the molecule is CN(Cc1ccccc1)c1cnc(C(=O)NC(C)(C)C)cn1. The molecule has 0 aliphatic heterocycles. The zero-order valence-electron chi connectivity index (χ0n) is 13.5. The Morgan fingerprint density at radius 1 is 1.14 bits per heavy atom. The van der Waals surface area contributed by atoms with Crippen molar-refractivity contribution in [2.24, 2.45) is 0 Å². The van der Waals surface area contributed by atoms with E-state index in [1.165, 1.54) is 11.8 Å². The molecule has 0 spiro atoms. The van der Waals surface area contributed by atoms with Crippen LogP contribution >= 0.6 is 0 Å². The van der Waals surface area contributed by atoms with Crippen LogP contribution in [0.2, 0.25) is 0 Å². The minimum absolute atomic E-state index is 0.211. The third-order valence-corrected chi connectivity index (χ3v) is 3.01. The van der Waals surface area contributed by atoms with E-state index in [1.54, 1.807) is 6.20 Å². The third kappa shape index (κ3) is 4.55. The number of anilines is 1. The molecule has 5 nitrogen and oxygen atoms in total. The van der Waals surface area contributed by atoms with Crippen molar-refractivity contribution in [3.05, 3.63) is 54.0 Å². The Morgan fingerprint density at radius 3 is 2.36 bits per heavy atom. The fourth-order valence-corrected chi connectivity index (χ4v) is 1.98.